The van der Waals surface area contributed by atoms with Gasteiger partial charge in [-0.25, -0.2) is 23.1 Å². The molecular weight excluding hydrogens is 398 g/mol. The molecule has 1 saturated carbocycles. The van der Waals surface area contributed by atoms with Gasteiger partial charge in [0, 0.05) is 41.0 Å². The molecule has 148 valence electrons. The number of nitrogens with zero attached hydrogens (tertiary/aromatic N) is 2. The number of rotatable bonds is 5. The lowest BCUT2D eigenvalue weighted by Crippen LogP contribution is -2.48. The second kappa shape index (κ2) is 7.69. The van der Waals surface area contributed by atoms with Crippen molar-refractivity contribution in [2.45, 2.75) is 37.8 Å². The summed E-state index contributed by atoms with van der Waals surface area (Å²) in [5, 5.41) is 4.83. The van der Waals surface area contributed by atoms with Crippen molar-refractivity contribution in [1.82, 2.24) is 19.7 Å². The molecule has 9 heteroatoms. The second-order valence-electron chi connectivity index (χ2n) is 7.16. The number of pyridine rings is 2. The summed E-state index contributed by atoms with van der Waals surface area (Å²) < 4.78 is 26.3. The Kier molecular flexibility index (Phi) is 5.27. The highest BCUT2D eigenvalue weighted by Crippen LogP contribution is 2.34. The molecule has 0 aliphatic heterocycles. The molecule has 2 atom stereocenters. The number of halogens is 1. The summed E-state index contributed by atoms with van der Waals surface area (Å²) in [6, 6.07) is 7.34. The van der Waals surface area contributed by atoms with Crippen LogP contribution in [0.5, 0.6) is 0 Å². The van der Waals surface area contributed by atoms with Crippen LogP contribution in [0.2, 0.25) is 5.15 Å². The van der Waals surface area contributed by atoms with Crippen molar-refractivity contribution in [1.29, 1.82) is 0 Å². The summed E-state index contributed by atoms with van der Waals surface area (Å²) in [7, 11) is -3.29. The summed E-state index contributed by atoms with van der Waals surface area (Å²) in [5.74, 6) is 0.643. The van der Waals surface area contributed by atoms with E-state index in [9.17, 15) is 8.42 Å². The minimum absolute atomic E-state index is 0.0588. The fourth-order valence-electron chi connectivity index (χ4n) is 3.84. The van der Waals surface area contributed by atoms with Gasteiger partial charge in [0.2, 0.25) is 10.0 Å². The Morgan fingerprint density at radius 1 is 1.14 bits per heavy atom. The van der Waals surface area contributed by atoms with Crippen LogP contribution in [0.25, 0.3) is 22.2 Å². The fourth-order valence-corrected chi connectivity index (χ4v) is 4.82. The van der Waals surface area contributed by atoms with Gasteiger partial charge in [-0.05, 0) is 37.1 Å². The molecule has 0 spiro atoms. The largest absolute Gasteiger partial charge is 0.365 e. The van der Waals surface area contributed by atoms with Crippen LogP contribution in [0, 0.1) is 0 Å². The van der Waals surface area contributed by atoms with E-state index < -0.39 is 10.0 Å². The zero-order valence-electron chi connectivity index (χ0n) is 15.4. The molecule has 3 aromatic rings. The van der Waals surface area contributed by atoms with Crippen molar-refractivity contribution in [3.05, 3.63) is 41.8 Å². The molecule has 1 fully saturated rings. The highest BCUT2D eigenvalue weighted by Gasteiger charge is 2.28. The molecule has 0 radical (unpaired) electrons. The minimum atomic E-state index is -3.29. The maximum Gasteiger partial charge on any atom is 0.209 e. The van der Waals surface area contributed by atoms with Gasteiger partial charge in [-0.2, -0.15) is 0 Å². The van der Waals surface area contributed by atoms with Gasteiger partial charge in [0.25, 0.3) is 0 Å². The summed E-state index contributed by atoms with van der Waals surface area (Å²) >= 11 is 6.17. The first-order valence-electron chi connectivity index (χ1n) is 9.23. The van der Waals surface area contributed by atoms with E-state index in [0.29, 0.717) is 11.0 Å². The highest BCUT2D eigenvalue weighted by atomic mass is 35.5. The molecule has 28 heavy (non-hydrogen) atoms. The molecule has 0 aromatic carbocycles. The number of nitrogens with one attached hydrogen (secondary N) is 3. The third-order valence-electron chi connectivity index (χ3n) is 5.06. The lowest BCUT2D eigenvalue weighted by Gasteiger charge is -2.33. The average Bonchev–Trinajstić information content (AvgIpc) is 3.06. The SMILES string of the molecule is CS(=O)(=O)N[C@@H]1CCCC[C@@H]1Nc1nc(Cl)ccc1-c1c[nH]c2ncccc12. The maximum atomic E-state index is 11.8. The fraction of sp³-hybridized carbons (Fsp3) is 0.368. The number of hydrogen-bond acceptors (Lipinski definition) is 5. The van der Waals surface area contributed by atoms with E-state index in [1.807, 2.05) is 24.4 Å². The summed E-state index contributed by atoms with van der Waals surface area (Å²) in [6.07, 6.45) is 8.52. The number of aromatic amines is 1. The number of aromatic nitrogens is 3. The molecule has 3 heterocycles. The van der Waals surface area contributed by atoms with E-state index in [-0.39, 0.29) is 12.1 Å². The van der Waals surface area contributed by atoms with Gasteiger partial charge in [-0.3, -0.25) is 0 Å². The molecule has 1 aliphatic rings. The summed E-state index contributed by atoms with van der Waals surface area (Å²) in [5.41, 5.74) is 2.67. The Hall–Kier alpha value is -2.16. The van der Waals surface area contributed by atoms with E-state index in [0.717, 1.165) is 47.8 Å². The number of sulfonamides is 1. The molecule has 0 saturated heterocycles. The van der Waals surface area contributed by atoms with E-state index >= 15 is 0 Å². The standard InChI is InChI=1S/C19H22ClN5O2S/c1-28(26,27)25-16-7-3-2-6-15(16)23-19-13(8-9-17(20)24-19)14-11-22-18-12(14)5-4-10-21-18/h4-5,8-11,15-16,25H,2-3,6-7H2,1H3,(H,21,22)(H,23,24)/t15-,16+/m0/s1. The first-order valence-corrected chi connectivity index (χ1v) is 11.5. The molecule has 4 rings (SSSR count). The van der Waals surface area contributed by atoms with Gasteiger partial charge in [-0.15, -0.1) is 0 Å². The van der Waals surface area contributed by atoms with Crippen LogP contribution in [-0.4, -0.2) is 41.7 Å². The zero-order chi connectivity index (χ0) is 19.7. The van der Waals surface area contributed by atoms with Gasteiger partial charge >= 0.3 is 0 Å². The van der Waals surface area contributed by atoms with Crippen LogP contribution < -0.4 is 10.0 Å². The Balaban J connectivity index is 1.70. The van der Waals surface area contributed by atoms with Crippen molar-refractivity contribution in [2.75, 3.05) is 11.6 Å². The third kappa shape index (κ3) is 4.14. The Morgan fingerprint density at radius 2 is 1.93 bits per heavy atom. The van der Waals surface area contributed by atoms with Crippen molar-refractivity contribution in [2.24, 2.45) is 0 Å². The van der Waals surface area contributed by atoms with Crippen molar-refractivity contribution in [3.8, 4) is 11.1 Å². The molecule has 3 N–H and O–H groups in total. The number of anilines is 1. The van der Waals surface area contributed by atoms with Gasteiger partial charge in [0.05, 0.1) is 6.26 Å². The summed E-state index contributed by atoms with van der Waals surface area (Å²) in [6.45, 7) is 0. The molecule has 0 amide bonds. The molecular formula is C19H22ClN5O2S. The van der Waals surface area contributed by atoms with Gasteiger partial charge in [0.15, 0.2) is 0 Å². The quantitative estimate of drug-likeness (QED) is 0.549. The van der Waals surface area contributed by atoms with Crippen molar-refractivity contribution < 1.29 is 8.42 Å². The van der Waals surface area contributed by atoms with Crippen LogP contribution in [0.1, 0.15) is 25.7 Å². The molecule has 1 aliphatic carbocycles. The van der Waals surface area contributed by atoms with Gasteiger partial charge in [-0.1, -0.05) is 24.4 Å². The van der Waals surface area contributed by atoms with Crippen LogP contribution >= 0.6 is 11.6 Å². The monoisotopic (exact) mass is 419 g/mol. The van der Waals surface area contributed by atoms with Gasteiger partial charge < -0.3 is 10.3 Å². The number of hydrogen-bond donors (Lipinski definition) is 3. The smallest absolute Gasteiger partial charge is 0.209 e. The van der Waals surface area contributed by atoms with Crippen molar-refractivity contribution >= 4 is 38.5 Å². The number of fused-ring (bicyclic) bond motifs is 1. The second-order valence-corrected chi connectivity index (χ2v) is 9.33. The maximum absolute atomic E-state index is 11.8. The third-order valence-corrected chi connectivity index (χ3v) is 6.00. The first kappa shape index (κ1) is 19.2. The van der Waals surface area contributed by atoms with E-state index in [2.05, 4.69) is 25.0 Å². The van der Waals surface area contributed by atoms with Gasteiger partial charge in [0.1, 0.15) is 16.6 Å². The van der Waals surface area contributed by atoms with Crippen molar-refractivity contribution in [3.63, 3.8) is 0 Å². The predicted molar refractivity (Wildman–Crippen MR) is 112 cm³/mol. The topological polar surface area (TPSA) is 99.8 Å². The van der Waals surface area contributed by atoms with Crippen LogP contribution in [0.3, 0.4) is 0 Å². The normalized spacial score (nSPS) is 20.4. The van der Waals surface area contributed by atoms with E-state index in [1.165, 1.54) is 6.26 Å². The van der Waals surface area contributed by atoms with E-state index in [4.69, 9.17) is 11.6 Å². The number of H-pyrrole nitrogens is 1. The van der Waals surface area contributed by atoms with Crippen LogP contribution in [-0.2, 0) is 10.0 Å². The Bertz CT molecular complexity index is 1100. The Morgan fingerprint density at radius 3 is 2.71 bits per heavy atom. The molecule has 3 aromatic heterocycles. The highest BCUT2D eigenvalue weighted by molar-refractivity contribution is 7.88. The van der Waals surface area contributed by atoms with Crippen LogP contribution in [0.15, 0.2) is 36.7 Å². The molecule has 0 bridgehead atoms. The zero-order valence-corrected chi connectivity index (χ0v) is 17.0. The predicted octanol–water partition coefficient (Wildman–Crippen LogP) is 3.55. The minimum Gasteiger partial charge on any atom is -0.365 e. The molecule has 7 nitrogen and oxygen atoms in total. The lowest BCUT2D eigenvalue weighted by atomic mass is 9.91. The molecule has 0 unspecified atom stereocenters. The van der Waals surface area contributed by atoms with E-state index in [1.54, 1.807) is 12.3 Å². The first-order chi connectivity index (χ1) is 13.4. The lowest BCUT2D eigenvalue weighted by molar-refractivity contribution is 0.379. The average molecular weight is 420 g/mol. The van der Waals surface area contributed by atoms with Crippen LogP contribution in [0.4, 0.5) is 5.82 Å². The summed E-state index contributed by atoms with van der Waals surface area (Å²) in [4.78, 5) is 12.0. The Labute approximate surface area is 169 Å².